The predicted molar refractivity (Wildman–Crippen MR) is 184 cm³/mol. The molecule has 10 nitrogen and oxygen atoms in total. The number of hydrogen-bond acceptors (Lipinski definition) is 9. The van der Waals surface area contributed by atoms with E-state index in [1.54, 1.807) is 40.5 Å². The third-order valence-electron chi connectivity index (χ3n) is 8.62. The van der Waals surface area contributed by atoms with Crippen molar-refractivity contribution in [2.75, 3.05) is 18.0 Å². The maximum atomic E-state index is 13.2. The molecule has 1 saturated heterocycles. The van der Waals surface area contributed by atoms with E-state index in [-0.39, 0.29) is 23.7 Å². The number of aromatic nitrogens is 7. The molecule has 3 atom stereocenters. The molecule has 14 heteroatoms. The molecule has 1 aliphatic heterocycles. The van der Waals surface area contributed by atoms with Crippen LogP contribution in [0.15, 0.2) is 59.3 Å². The zero-order valence-electron chi connectivity index (χ0n) is 27.6. The molecule has 7 rings (SSSR count). The highest BCUT2D eigenvalue weighted by molar-refractivity contribution is 9.10. The van der Waals surface area contributed by atoms with Gasteiger partial charge in [0.05, 0.1) is 17.8 Å². The summed E-state index contributed by atoms with van der Waals surface area (Å²) < 4.78 is 45.8. The van der Waals surface area contributed by atoms with Crippen molar-refractivity contribution in [1.29, 1.82) is 0 Å². The highest BCUT2D eigenvalue weighted by Gasteiger charge is 2.43. The van der Waals surface area contributed by atoms with Crippen LogP contribution in [0.3, 0.4) is 0 Å². The van der Waals surface area contributed by atoms with Crippen LogP contribution >= 0.6 is 27.5 Å². The van der Waals surface area contributed by atoms with E-state index < -0.39 is 0 Å². The number of anilines is 1. The van der Waals surface area contributed by atoms with Gasteiger partial charge < -0.3 is 14.4 Å². The van der Waals surface area contributed by atoms with Crippen LogP contribution in [0.5, 0.6) is 23.5 Å². The first-order valence-electron chi connectivity index (χ1n) is 16.1. The van der Waals surface area contributed by atoms with Gasteiger partial charge in [-0.05, 0) is 147 Å². The molecule has 0 spiro atoms. The van der Waals surface area contributed by atoms with Crippen LogP contribution in [0, 0.1) is 36.3 Å². The van der Waals surface area contributed by atoms with Crippen molar-refractivity contribution in [3.05, 3.63) is 82.5 Å². The van der Waals surface area contributed by atoms with Gasteiger partial charge in [-0.15, -0.1) is 5.10 Å². The molecular formula is C34H39BrF2N8O2S. The van der Waals surface area contributed by atoms with Crippen LogP contribution in [-0.4, -0.2) is 47.0 Å². The average molecular weight is 742 g/mol. The largest absolute Gasteiger partial charge is 0.424 e. The molecule has 0 radical (unpaired) electrons. The summed E-state index contributed by atoms with van der Waals surface area (Å²) in [5.74, 6) is 3.27. The molecule has 2 bridgehead atoms. The summed E-state index contributed by atoms with van der Waals surface area (Å²) in [5, 5.41) is 10.2. The third kappa shape index (κ3) is 8.03. The quantitative estimate of drug-likeness (QED) is 0.148. The third-order valence-corrected chi connectivity index (χ3v) is 9.89. The van der Waals surface area contributed by atoms with Gasteiger partial charge in [0.15, 0.2) is 5.82 Å². The van der Waals surface area contributed by atoms with Gasteiger partial charge in [-0.2, -0.15) is 19.4 Å². The molecule has 2 aliphatic rings. The lowest BCUT2D eigenvalue weighted by Crippen LogP contribution is -2.42. The number of piperidine rings is 1. The Labute approximate surface area is 291 Å². The number of hydrogen-bond donors (Lipinski definition) is 0. The van der Waals surface area contributed by atoms with Gasteiger partial charge >= 0.3 is 12.0 Å². The molecule has 0 amide bonds. The summed E-state index contributed by atoms with van der Waals surface area (Å²) in [6.07, 6.45) is 3.42. The number of rotatable bonds is 9. The maximum absolute atomic E-state index is 13.2. The monoisotopic (exact) mass is 740 g/mol. The van der Waals surface area contributed by atoms with Crippen molar-refractivity contribution >= 4 is 32.5 Å². The molecular weight excluding hydrogens is 702 g/mol. The molecule has 4 heterocycles. The van der Waals surface area contributed by atoms with Crippen molar-refractivity contribution in [3.63, 3.8) is 0 Å². The predicted octanol–water partition coefficient (Wildman–Crippen LogP) is 8.81. The van der Waals surface area contributed by atoms with Gasteiger partial charge in [0.2, 0.25) is 4.73 Å². The van der Waals surface area contributed by atoms with E-state index in [4.69, 9.17) is 19.6 Å². The van der Waals surface area contributed by atoms with Crippen molar-refractivity contribution in [1.82, 2.24) is 33.9 Å². The Bertz CT molecular complexity index is 1790. The fraction of sp³-hybridized carbons (Fsp3) is 0.441. The van der Waals surface area contributed by atoms with E-state index >= 15 is 0 Å². The molecule has 5 aromatic rings. The average Bonchev–Trinajstić information content (AvgIpc) is 3.81. The van der Waals surface area contributed by atoms with Crippen LogP contribution in [0.2, 0.25) is 0 Å². The lowest BCUT2D eigenvalue weighted by atomic mass is 9.82. The molecule has 0 N–H and O–H groups in total. The zero-order valence-corrected chi connectivity index (χ0v) is 30.0. The first kappa shape index (κ1) is 34.0. The molecule has 1 unspecified atom stereocenters. The van der Waals surface area contributed by atoms with Crippen LogP contribution in [-0.2, 0) is 6.42 Å². The number of nitrogens with zero attached hydrogens (tertiary/aromatic N) is 8. The van der Waals surface area contributed by atoms with Crippen LogP contribution in [0.25, 0.3) is 0 Å². The summed E-state index contributed by atoms with van der Waals surface area (Å²) in [4.78, 5) is 11.4. The van der Waals surface area contributed by atoms with E-state index in [1.807, 2.05) is 18.5 Å². The van der Waals surface area contributed by atoms with Crippen LogP contribution in [0.4, 0.5) is 13.8 Å². The molecule has 3 aromatic heterocycles. The first-order valence-corrected chi connectivity index (χ1v) is 17.7. The van der Waals surface area contributed by atoms with Gasteiger partial charge in [0, 0.05) is 19.5 Å². The molecule has 2 fully saturated rings. The molecule has 254 valence electrons. The second-order valence-corrected chi connectivity index (χ2v) is 14.3. The Kier molecular flexibility index (Phi) is 10.4. The highest BCUT2D eigenvalue weighted by Crippen LogP contribution is 2.45. The zero-order chi connectivity index (χ0) is 33.9. The number of fused-ring (bicyclic) bond motifs is 2. The fourth-order valence-corrected chi connectivity index (χ4v) is 7.41. The number of aryl methyl sites for hydroxylation is 1. The minimum atomic E-state index is -0.302. The first-order chi connectivity index (χ1) is 23.0. The number of benzene rings is 2. The highest BCUT2D eigenvalue weighted by atomic mass is 79.9. The van der Waals surface area contributed by atoms with E-state index in [0.29, 0.717) is 46.0 Å². The Morgan fingerprint density at radius 3 is 1.83 bits per heavy atom. The number of ether oxygens (including phenoxy) is 2. The van der Waals surface area contributed by atoms with E-state index in [0.717, 1.165) is 31.0 Å². The minimum Gasteiger partial charge on any atom is -0.424 e. The maximum Gasteiger partial charge on any atom is 0.321 e. The Morgan fingerprint density at radius 1 is 0.812 bits per heavy atom. The molecule has 1 saturated carbocycles. The summed E-state index contributed by atoms with van der Waals surface area (Å²) in [6, 6.07) is 15.1. The van der Waals surface area contributed by atoms with Crippen molar-refractivity contribution in [3.8, 4) is 23.5 Å². The van der Waals surface area contributed by atoms with E-state index in [9.17, 15) is 8.78 Å². The lowest BCUT2D eigenvalue weighted by molar-refractivity contribution is 0.266. The molecule has 48 heavy (non-hydrogen) atoms. The van der Waals surface area contributed by atoms with Crippen molar-refractivity contribution in [2.24, 2.45) is 17.8 Å². The van der Waals surface area contributed by atoms with Crippen LogP contribution in [0.1, 0.15) is 64.1 Å². The standard InChI is InChI=1S/C23H28FN5OS.C11H11BrFN3O/c1-14(2)29-23(30-19-8-6-18(24)7-9-19)25-21(26-29)11-20-16-4-5-17(20)13-28(12-16)22-10-15(3)27-31-22;1-7(2)16-11(14-10(12)15-16)17-9-5-3-8(13)4-6-9/h6-10,14,16-17,20H,4-5,11-13H2,1-3H3;3-7H,1-2H3/t16-,17+,20?;. The summed E-state index contributed by atoms with van der Waals surface area (Å²) in [5.41, 5.74) is 1.10. The minimum absolute atomic E-state index is 0.129. The Balaban J connectivity index is 0.000000200. The lowest BCUT2D eigenvalue weighted by Gasteiger charge is -2.38. The van der Waals surface area contributed by atoms with Gasteiger partial charge in [0.1, 0.15) is 28.1 Å². The second-order valence-electron chi connectivity index (χ2n) is 12.8. The Morgan fingerprint density at radius 2 is 1.33 bits per heavy atom. The molecule has 2 aromatic carbocycles. The second kappa shape index (κ2) is 14.7. The van der Waals surface area contributed by atoms with Gasteiger partial charge in [-0.25, -0.2) is 18.1 Å². The summed E-state index contributed by atoms with van der Waals surface area (Å²) in [7, 11) is 0. The molecule has 1 aliphatic carbocycles. The smallest absolute Gasteiger partial charge is 0.321 e. The summed E-state index contributed by atoms with van der Waals surface area (Å²) >= 11 is 4.80. The van der Waals surface area contributed by atoms with Gasteiger partial charge in [-0.1, -0.05) is 0 Å². The van der Waals surface area contributed by atoms with Gasteiger partial charge in [0.25, 0.3) is 0 Å². The fourth-order valence-electron chi connectivity index (χ4n) is 6.31. The van der Waals surface area contributed by atoms with Crippen LogP contribution < -0.4 is 14.4 Å². The van der Waals surface area contributed by atoms with E-state index in [1.165, 1.54) is 42.1 Å². The van der Waals surface area contributed by atoms with E-state index in [2.05, 4.69) is 62.1 Å². The Hall–Kier alpha value is -3.91. The van der Waals surface area contributed by atoms with Crippen molar-refractivity contribution in [2.45, 2.75) is 66.0 Å². The number of halogens is 3. The normalized spacial score (nSPS) is 18.7. The SMILES string of the molecule is CC(C)n1nc(Br)nc1Oc1ccc(F)cc1.Cc1cc(N2C[C@H]3CC[C@@H](C2)C3Cc2nc(Oc3ccc(F)cc3)n(C(C)C)n2)sn1. The summed E-state index contributed by atoms with van der Waals surface area (Å²) in [6.45, 7) is 12.3. The van der Waals surface area contributed by atoms with Gasteiger partial charge in [-0.3, -0.25) is 0 Å². The topological polar surface area (TPSA) is 96.0 Å². The van der Waals surface area contributed by atoms with Crippen molar-refractivity contribution < 1.29 is 18.3 Å².